The van der Waals surface area contributed by atoms with Gasteiger partial charge in [0.15, 0.2) is 5.82 Å². The summed E-state index contributed by atoms with van der Waals surface area (Å²) in [6, 6.07) is 20.6. The molecule has 0 saturated carbocycles. The second kappa shape index (κ2) is 8.66. The second-order valence-corrected chi connectivity index (χ2v) is 7.07. The van der Waals surface area contributed by atoms with Gasteiger partial charge in [0.1, 0.15) is 11.5 Å². The highest BCUT2D eigenvalue weighted by Gasteiger charge is 2.23. The smallest absolute Gasteiger partial charge is 0.257 e. The van der Waals surface area contributed by atoms with E-state index >= 15 is 0 Å². The van der Waals surface area contributed by atoms with Gasteiger partial charge in [-0.2, -0.15) is 5.10 Å². The molecule has 0 aliphatic heterocycles. The molecule has 31 heavy (non-hydrogen) atoms. The number of nitrogens with one attached hydrogen (secondary N) is 1. The van der Waals surface area contributed by atoms with Crippen molar-refractivity contribution in [3.05, 3.63) is 84.3 Å². The van der Waals surface area contributed by atoms with Crippen LogP contribution in [0.4, 0.5) is 5.82 Å². The molecule has 2 aromatic carbocycles. The van der Waals surface area contributed by atoms with Crippen LogP contribution in [0.15, 0.2) is 77.4 Å². The number of hydrogen-bond acceptors (Lipinski definition) is 5. The van der Waals surface area contributed by atoms with E-state index in [4.69, 9.17) is 4.52 Å². The molecule has 0 aliphatic rings. The van der Waals surface area contributed by atoms with Gasteiger partial charge in [0.05, 0.1) is 17.8 Å². The molecule has 2 aromatic heterocycles. The quantitative estimate of drug-likeness (QED) is 0.520. The van der Waals surface area contributed by atoms with Gasteiger partial charge in [-0.3, -0.25) is 9.59 Å². The van der Waals surface area contributed by atoms with Crippen molar-refractivity contribution >= 4 is 17.6 Å². The van der Waals surface area contributed by atoms with E-state index in [2.05, 4.69) is 15.6 Å². The molecular formula is C23H21N5O3. The van der Waals surface area contributed by atoms with E-state index in [9.17, 15) is 9.59 Å². The van der Waals surface area contributed by atoms with E-state index in [1.54, 1.807) is 30.9 Å². The third-order valence-corrected chi connectivity index (χ3v) is 4.64. The summed E-state index contributed by atoms with van der Waals surface area (Å²) in [5.74, 6) is 0.208. The maximum Gasteiger partial charge on any atom is 0.257 e. The van der Waals surface area contributed by atoms with Gasteiger partial charge < -0.3 is 14.7 Å². The van der Waals surface area contributed by atoms with Crippen LogP contribution in [-0.2, 0) is 4.79 Å². The van der Waals surface area contributed by atoms with Crippen LogP contribution in [0.1, 0.15) is 16.1 Å². The zero-order valence-corrected chi connectivity index (χ0v) is 17.1. The van der Waals surface area contributed by atoms with Gasteiger partial charge in [-0.05, 0) is 19.1 Å². The normalized spacial score (nSPS) is 10.6. The van der Waals surface area contributed by atoms with Gasteiger partial charge in [-0.15, -0.1) is 0 Å². The summed E-state index contributed by atoms with van der Waals surface area (Å²) in [6.07, 6.45) is 1.69. The molecule has 0 spiro atoms. The highest BCUT2D eigenvalue weighted by Crippen LogP contribution is 2.24. The van der Waals surface area contributed by atoms with E-state index in [0.717, 1.165) is 11.3 Å². The monoisotopic (exact) mass is 415 g/mol. The van der Waals surface area contributed by atoms with Crippen molar-refractivity contribution in [3.8, 4) is 16.9 Å². The average molecular weight is 415 g/mol. The zero-order chi connectivity index (χ0) is 21.8. The molecule has 0 bridgehead atoms. The molecular weight excluding hydrogens is 394 g/mol. The third kappa shape index (κ3) is 4.53. The van der Waals surface area contributed by atoms with Gasteiger partial charge in [0, 0.05) is 24.9 Å². The van der Waals surface area contributed by atoms with Crippen molar-refractivity contribution in [1.82, 2.24) is 19.8 Å². The number of aryl methyl sites for hydroxylation is 1. The van der Waals surface area contributed by atoms with Gasteiger partial charge in [-0.1, -0.05) is 53.7 Å². The van der Waals surface area contributed by atoms with Crippen LogP contribution in [0.2, 0.25) is 0 Å². The van der Waals surface area contributed by atoms with Crippen LogP contribution < -0.4 is 5.32 Å². The number of benzene rings is 2. The largest absolute Gasteiger partial charge is 0.360 e. The Hall–Kier alpha value is -4.20. The minimum atomic E-state index is -0.374. The summed E-state index contributed by atoms with van der Waals surface area (Å²) in [7, 11) is 1.57. The Bertz CT molecular complexity index is 1200. The van der Waals surface area contributed by atoms with E-state index in [0.29, 0.717) is 22.8 Å². The topological polar surface area (TPSA) is 93.3 Å². The number of anilines is 1. The lowest BCUT2D eigenvalue weighted by atomic mass is 10.1. The molecule has 2 amide bonds. The van der Waals surface area contributed by atoms with Crippen LogP contribution in [0, 0.1) is 6.92 Å². The van der Waals surface area contributed by atoms with Crippen molar-refractivity contribution in [3.63, 3.8) is 0 Å². The van der Waals surface area contributed by atoms with Crippen molar-refractivity contribution in [2.24, 2.45) is 0 Å². The highest BCUT2D eigenvalue weighted by molar-refractivity contribution is 6.02. The van der Waals surface area contributed by atoms with Crippen molar-refractivity contribution in [2.75, 3.05) is 18.9 Å². The molecule has 0 atom stereocenters. The summed E-state index contributed by atoms with van der Waals surface area (Å²) in [4.78, 5) is 26.9. The SMILES string of the molecule is Cc1cc(NC(=O)CN(C)C(=O)c2cn(-c3ccccc3)nc2-c2ccccc2)no1. The minimum Gasteiger partial charge on any atom is -0.360 e. The number of aromatic nitrogens is 3. The summed E-state index contributed by atoms with van der Waals surface area (Å²) in [5.41, 5.74) is 2.61. The Kier molecular flexibility index (Phi) is 5.61. The molecule has 8 nitrogen and oxygen atoms in total. The Morgan fingerprint density at radius 3 is 2.39 bits per heavy atom. The first-order valence-electron chi connectivity index (χ1n) is 9.70. The Labute approximate surface area is 179 Å². The lowest BCUT2D eigenvalue weighted by Crippen LogP contribution is -2.35. The molecule has 0 fully saturated rings. The van der Waals surface area contributed by atoms with Crippen LogP contribution in [0.5, 0.6) is 0 Å². The fraction of sp³-hybridized carbons (Fsp3) is 0.130. The number of rotatable bonds is 6. The summed E-state index contributed by atoms with van der Waals surface area (Å²) >= 11 is 0. The Morgan fingerprint density at radius 2 is 1.74 bits per heavy atom. The molecule has 8 heteroatoms. The van der Waals surface area contributed by atoms with E-state index in [-0.39, 0.29) is 18.4 Å². The summed E-state index contributed by atoms with van der Waals surface area (Å²) in [6.45, 7) is 1.59. The van der Waals surface area contributed by atoms with Gasteiger partial charge >= 0.3 is 0 Å². The lowest BCUT2D eigenvalue weighted by molar-refractivity contribution is -0.116. The maximum absolute atomic E-state index is 13.2. The first-order chi connectivity index (χ1) is 15.0. The molecule has 0 radical (unpaired) electrons. The zero-order valence-electron chi connectivity index (χ0n) is 17.1. The van der Waals surface area contributed by atoms with Crippen molar-refractivity contribution in [1.29, 1.82) is 0 Å². The number of hydrogen-bond donors (Lipinski definition) is 1. The van der Waals surface area contributed by atoms with Crippen molar-refractivity contribution < 1.29 is 14.1 Å². The fourth-order valence-corrected chi connectivity index (χ4v) is 3.15. The number of carbonyl (C=O) groups excluding carboxylic acids is 2. The average Bonchev–Trinajstić information content (AvgIpc) is 3.41. The Balaban J connectivity index is 1.60. The molecule has 4 aromatic rings. The van der Waals surface area contributed by atoms with Gasteiger partial charge in [0.25, 0.3) is 5.91 Å². The molecule has 1 N–H and O–H groups in total. The van der Waals surface area contributed by atoms with Crippen LogP contribution in [0.25, 0.3) is 16.9 Å². The van der Waals surface area contributed by atoms with Crippen LogP contribution in [-0.4, -0.2) is 45.2 Å². The summed E-state index contributed by atoms with van der Waals surface area (Å²) in [5, 5.41) is 11.0. The number of para-hydroxylation sites is 1. The first kappa shape index (κ1) is 20.1. The third-order valence-electron chi connectivity index (χ3n) is 4.64. The van der Waals surface area contributed by atoms with Gasteiger partial charge in [-0.25, -0.2) is 4.68 Å². The number of carbonyl (C=O) groups is 2. The van der Waals surface area contributed by atoms with E-state index in [1.165, 1.54) is 4.90 Å². The number of nitrogens with zero attached hydrogens (tertiary/aromatic N) is 4. The predicted octanol–water partition coefficient (Wildman–Crippen LogP) is 3.55. The predicted molar refractivity (Wildman–Crippen MR) is 116 cm³/mol. The highest BCUT2D eigenvalue weighted by atomic mass is 16.5. The second-order valence-electron chi connectivity index (χ2n) is 7.07. The number of likely N-dealkylation sites (N-methyl/N-ethyl adjacent to an activating group) is 1. The van der Waals surface area contributed by atoms with Crippen LogP contribution >= 0.6 is 0 Å². The molecule has 4 rings (SSSR count). The fourth-order valence-electron chi connectivity index (χ4n) is 3.15. The van der Waals surface area contributed by atoms with Crippen molar-refractivity contribution in [2.45, 2.75) is 6.92 Å². The van der Waals surface area contributed by atoms with Crippen LogP contribution in [0.3, 0.4) is 0 Å². The molecule has 156 valence electrons. The molecule has 2 heterocycles. The van der Waals surface area contributed by atoms with E-state index < -0.39 is 0 Å². The standard InChI is InChI=1S/C23H21N5O3/c1-16-13-20(26-31-16)24-21(29)15-27(2)23(30)19-14-28(18-11-7-4-8-12-18)25-22(19)17-9-5-3-6-10-17/h3-14H,15H2,1-2H3,(H,24,26,29). The molecule has 0 aliphatic carbocycles. The summed E-state index contributed by atoms with van der Waals surface area (Å²) < 4.78 is 6.61. The Morgan fingerprint density at radius 1 is 1.06 bits per heavy atom. The minimum absolute atomic E-state index is 0.143. The molecule has 0 saturated heterocycles. The first-order valence-corrected chi connectivity index (χ1v) is 9.70. The van der Waals surface area contributed by atoms with E-state index in [1.807, 2.05) is 60.7 Å². The van der Waals surface area contributed by atoms with Gasteiger partial charge in [0.2, 0.25) is 5.91 Å². The molecule has 0 unspecified atom stereocenters. The lowest BCUT2D eigenvalue weighted by Gasteiger charge is -2.16. The number of amides is 2. The maximum atomic E-state index is 13.2.